The summed E-state index contributed by atoms with van der Waals surface area (Å²) in [5.41, 5.74) is 3.15. The van der Waals surface area contributed by atoms with Crippen LogP contribution in [0.15, 0.2) is 46.9 Å². The van der Waals surface area contributed by atoms with Crippen molar-refractivity contribution in [2.75, 3.05) is 0 Å². The molecule has 0 aliphatic rings. The van der Waals surface area contributed by atoms with Gasteiger partial charge in [0, 0.05) is 13.6 Å². The van der Waals surface area contributed by atoms with Gasteiger partial charge in [0.1, 0.15) is 5.82 Å². The van der Waals surface area contributed by atoms with Gasteiger partial charge in [-0.2, -0.15) is 0 Å². The lowest BCUT2D eigenvalue weighted by molar-refractivity contribution is 1.33. The second kappa shape index (κ2) is 4.42. The molecule has 1 aromatic heterocycles. The van der Waals surface area contributed by atoms with Gasteiger partial charge < -0.3 is 4.98 Å². The molecule has 3 aromatic rings. The first-order chi connectivity index (χ1) is 8.22. The van der Waals surface area contributed by atoms with Crippen LogP contribution >= 0.6 is 38.5 Å². The van der Waals surface area contributed by atoms with E-state index in [4.69, 9.17) is 0 Å². The number of imidazole rings is 1. The number of hydrogen-bond acceptors (Lipinski definition) is 1. The Kier molecular flexibility index (Phi) is 2.92. The monoisotopic (exact) mass is 398 g/mol. The summed E-state index contributed by atoms with van der Waals surface area (Å²) in [7, 11) is 0. The average molecular weight is 399 g/mol. The van der Waals surface area contributed by atoms with E-state index in [0.29, 0.717) is 0 Å². The van der Waals surface area contributed by atoms with Crippen LogP contribution < -0.4 is 0 Å². The molecule has 1 N–H and O–H groups in total. The van der Waals surface area contributed by atoms with Crippen LogP contribution in [0.3, 0.4) is 0 Å². The van der Waals surface area contributed by atoms with E-state index in [-0.39, 0.29) is 0 Å². The molecule has 2 aromatic carbocycles. The van der Waals surface area contributed by atoms with Crippen LogP contribution in [0.5, 0.6) is 0 Å². The van der Waals surface area contributed by atoms with Gasteiger partial charge in [-0.25, -0.2) is 4.98 Å². The first-order valence-electron chi connectivity index (χ1n) is 5.13. The van der Waals surface area contributed by atoms with Crippen LogP contribution in [0.1, 0.15) is 0 Å². The normalized spacial score (nSPS) is 10.9. The molecule has 3 rings (SSSR count). The number of benzene rings is 2. The quantitative estimate of drug-likeness (QED) is 0.596. The lowest BCUT2D eigenvalue weighted by atomic mass is 10.2. The van der Waals surface area contributed by atoms with Gasteiger partial charge in [-0.3, -0.25) is 0 Å². The topological polar surface area (TPSA) is 28.7 Å². The number of rotatable bonds is 1. The lowest BCUT2D eigenvalue weighted by Crippen LogP contribution is -1.80. The number of aromatic nitrogens is 2. The molecule has 0 spiro atoms. The molecule has 0 radical (unpaired) electrons. The van der Waals surface area contributed by atoms with Crippen LogP contribution in [0.4, 0.5) is 0 Å². The standard InChI is InChI=1S/C13H8BrIN2/c14-9-4-5-11-12(7-9)17-13(16-11)8-2-1-3-10(15)6-8/h1-7H,(H,16,17). The Labute approximate surface area is 121 Å². The van der Waals surface area contributed by atoms with Crippen molar-refractivity contribution in [3.05, 3.63) is 50.5 Å². The number of nitrogens with one attached hydrogen (secondary N) is 1. The van der Waals surface area contributed by atoms with E-state index in [1.807, 2.05) is 24.3 Å². The van der Waals surface area contributed by atoms with Crippen molar-refractivity contribution in [2.24, 2.45) is 0 Å². The summed E-state index contributed by atoms with van der Waals surface area (Å²) in [5, 5.41) is 0. The molecule has 0 saturated heterocycles. The summed E-state index contributed by atoms with van der Waals surface area (Å²) in [6.07, 6.45) is 0. The predicted octanol–water partition coefficient (Wildman–Crippen LogP) is 4.60. The van der Waals surface area contributed by atoms with Crippen molar-refractivity contribution < 1.29 is 0 Å². The summed E-state index contributed by atoms with van der Waals surface area (Å²) in [6.45, 7) is 0. The number of nitrogens with zero attached hydrogens (tertiary/aromatic N) is 1. The minimum atomic E-state index is 0.914. The van der Waals surface area contributed by atoms with Gasteiger partial charge in [0.15, 0.2) is 0 Å². The summed E-state index contributed by atoms with van der Waals surface area (Å²) < 4.78 is 2.27. The Balaban J connectivity index is 2.18. The summed E-state index contributed by atoms with van der Waals surface area (Å²) in [5.74, 6) is 0.914. The van der Waals surface area contributed by atoms with Gasteiger partial charge in [0.25, 0.3) is 0 Å². The summed E-state index contributed by atoms with van der Waals surface area (Å²) in [4.78, 5) is 7.92. The predicted molar refractivity (Wildman–Crippen MR) is 81.9 cm³/mol. The fourth-order valence-electron chi connectivity index (χ4n) is 1.75. The van der Waals surface area contributed by atoms with Crippen LogP contribution in [0, 0.1) is 3.57 Å². The first kappa shape index (κ1) is 11.2. The molecule has 0 saturated carbocycles. The Morgan fingerprint density at radius 3 is 2.82 bits per heavy atom. The highest BCUT2D eigenvalue weighted by molar-refractivity contribution is 14.1. The SMILES string of the molecule is Brc1ccc2nc(-c3cccc(I)c3)[nH]c2c1. The van der Waals surface area contributed by atoms with Gasteiger partial charge in [-0.1, -0.05) is 28.1 Å². The van der Waals surface area contributed by atoms with Crippen molar-refractivity contribution >= 4 is 49.6 Å². The lowest BCUT2D eigenvalue weighted by Gasteiger charge is -1.96. The average Bonchev–Trinajstić information content (AvgIpc) is 2.72. The molecular weight excluding hydrogens is 391 g/mol. The van der Waals surface area contributed by atoms with E-state index >= 15 is 0 Å². The second-order valence-corrected chi connectivity index (χ2v) is 5.92. The molecule has 17 heavy (non-hydrogen) atoms. The molecule has 0 bridgehead atoms. The molecule has 0 atom stereocenters. The Hall–Kier alpha value is -0.880. The zero-order chi connectivity index (χ0) is 11.8. The maximum atomic E-state index is 4.59. The van der Waals surface area contributed by atoms with Gasteiger partial charge in [-0.05, 0) is 52.9 Å². The zero-order valence-corrected chi connectivity index (χ0v) is 12.5. The van der Waals surface area contributed by atoms with Gasteiger partial charge in [0.05, 0.1) is 11.0 Å². The van der Waals surface area contributed by atoms with E-state index in [9.17, 15) is 0 Å². The highest BCUT2D eigenvalue weighted by Gasteiger charge is 2.05. The third-order valence-corrected chi connectivity index (χ3v) is 3.71. The minimum absolute atomic E-state index is 0.914. The van der Waals surface area contributed by atoms with Crippen molar-refractivity contribution in [3.63, 3.8) is 0 Å². The largest absolute Gasteiger partial charge is 0.338 e. The van der Waals surface area contributed by atoms with Crippen LogP contribution in [-0.2, 0) is 0 Å². The van der Waals surface area contributed by atoms with Crippen molar-refractivity contribution in [1.29, 1.82) is 0 Å². The van der Waals surface area contributed by atoms with Gasteiger partial charge in [0.2, 0.25) is 0 Å². The highest BCUT2D eigenvalue weighted by Crippen LogP contribution is 2.23. The van der Waals surface area contributed by atoms with Crippen molar-refractivity contribution in [2.45, 2.75) is 0 Å². The van der Waals surface area contributed by atoms with Crippen LogP contribution in [0.2, 0.25) is 0 Å². The zero-order valence-electron chi connectivity index (χ0n) is 8.74. The molecule has 4 heteroatoms. The molecule has 0 amide bonds. The first-order valence-corrected chi connectivity index (χ1v) is 7.01. The van der Waals surface area contributed by atoms with Crippen molar-refractivity contribution in [3.8, 4) is 11.4 Å². The molecule has 0 fully saturated rings. The summed E-state index contributed by atoms with van der Waals surface area (Å²) in [6, 6.07) is 14.3. The van der Waals surface area contributed by atoms with Gasteiger partial charge in [-0.15, -0.1) is 0 Å². The molecular formula is C13H8BrIN2. The Morgan fingerprint density at radius 2 is 2.00 bits per heavy atom. The third kappa shape index (κ3) is 2.24. The maximum absolute atomic E-state index is 4.59. The highest BCUT2D eigenvalue weighted by atomic mass is 127. The molecule has 0 aliphatic heterocycles. The number of H-pyrrole nitrogens is 1. The minimum Gasteiger partial charge on any atom is -0.338 e. The maximum Gasteiger partial charge on any atom is 0.138 e. The van der Waals surface area contributed by atoms with Crippen LogP contribution in [0.25, 0.3) is 22.4 Å². The fraction of sp³-hybridized carbons (Fsp3) is 0. The van der Waals surface area contributed by atoms with E-state index in [2.05, 4.69) is 66.7 Å². The summed E-state index contributed by atoms with van der Waals surface area (Å²) >= 11 is 5.77. The fourth-order valence-corrected chi connectivity index (χ4v) is 2.66. The van der Waals surface area contributed by atoms with E-state index < -0.39 is 0 Å². The molecule has 0 aliphatic carbocycles. The van der Waals surface area contributed by atoms with E-state index in [1.165, 1.54) is 3.57 Å². The number of fused-ring (bicyclic) bond motifs is 1. The molecule has 0 unspecified atom stereocenters. The Morgan fingerprint density at radius 1 is 1.12 bits per heavy atom. The molecule has 2 nitrogen and oxygen atoms in total. The third-order valence-electron chi connectivity index (χ3n) is 2.54. The number of aromatic amines is 1. The smallest absolute Gasteiger partial charge is 0.138 e. The molecule has 1 heterocycles. The van der Waals surface area contributed by atoms with E-state index in [1.54, 1.807) is 0 Å². The number of halogens is 2. The second-order valence-electron chi connectivity index (χ2n) is 3.76. The van der Waals surface area contributed by atoms with Gasteiger partial charge >= 0.3 is 0 Å². The van der Waals surface area contributed by atoms with E-state index in [0.717, 1.165) is 26.9 Å². The van der Waals surface area contributed by atoms with Crippen LogP contribution in [-0.4, -0.2) is 9.97 Å². The molecule has 84 valence electrons. The Bertz CT molecular complexity index is 691. The van der Waals surface area contributed by atoms with Crippen molar-refractivity contribution in [1.82, 2.24) is 9.97 Å². The number of hydrogen-bond donors (Lipinski definition) is 1.